The first kappa shape index (κ1) is 8.83. The highest BCUT2D eigenvalue weighted by Gasteiger charge is 2.41. The number of nitrogens with one attached hydrogen (secondary N) is 1. The molecule has 2 fully saturated rings. The Morgan fingerprint density at radius 2 is 2.08 bits per heavy atom. The number of hydrogen-bond donors (Lipinski definition) is 1. The summed E-state index contributed by atoms with van der Waals surface area (Å²) in [4.78, 5) is 0. The van der Waals surface area contributed by atoms with Crippen LogP contribution in [0.25, 0.3) is 0 Å². The third kappa shape index (κ3) is 1.94. The van der Waals surface area contributed by atoms with Gasteiger partial charge in [0.2, 0.25) is 0 Å². The molecule has 0 heterocycles. The van der Waals surface area contributed by atoms with Crippen molar-refractivity contribution in [2.45, 2.75) is 32.1 Å². The molecule has 0 unspecified atom stereocenters. The molecular weight excluding hydrogens is 170 g/mol. The zero-order chi connectivity index (χ0) is 8.44. The van der Waals surface area contributed by atoms with Gasteiger partial charge in [0.25, 0.3) is 0 Å². The second-order valence-electron chi connectivity index (χ2n) is 4.56. The van der Waals surface area contributed by atoms with E-state index in [9.17, 15) is 0 Å². The minimum atomic E-state index is 0.505. The summed E-state index contributed by atoms with van der Waals surface area (Å²) in [5.74, 6) is 1.83. The van der Waals surface area contributed by atoms with Gasteiger partial charge in [0.05, 0.1) is 0 Å². The maximum absolute atomic E-state index is 5.88. The first-order valence-electron chi connectivity index (χ1n) is 5.11. The summed E-state index contributed by atoms with van der Waals surface area (Å²) in [6, 6.07) is 0. The fourth-order valence-corrected chi connectivity index (χ4v) is 2.13. The van der Waals surface area contributed by atoms with E-state index in [-0.39, 0.29) is 0 Å². The second-order valence-corrected chi connectivity index (χ2v) is 4.83. The van der Waals surface area contributed by atoms with Gasteiger partial charge in [0.1, 0.15) is 0 Å². The highest BCUT2D eigenvalue weighted by Crippen LogP contribution is 2.45. The van der Waals surface area contributed by atoms with E-state index in [1.807, 2.05) is 0 Å². The van der Waals surface area contributed by atoms with Gasteiger partial charge in [-0.15, -0.1) is 11.6 Å². The summed E-state index contributed by atoms with van der Waals surface area (Å²) in [6.45, 7) is 2.39. The summed E-state index contributed by atoms with van der Waals surface area (Å²) in [7, 11) is 0. The number of hydrogen-bond acceptors (Lipinski definition) is 1. The van der Waals surface area contributed by atoms with Crippen molar-refractivity contribution >= 4 is 11.6 Å². The van der Waals surface area contributed by atoms with Crippen molar-refractivity contribution in [3.63, 3.8) is 0 Å². The lowest BCUT2D eigenvalue weighted by Crippen LogP contribution is -2.32. The van der Waals surface area contributed by atoms with Crippen LogP contribution >= 0.6 is 11.6 Å². The molecule has 2 heteroatoms. The molecule has 2 aliphatic rings. The normalized spacial score (nSPS) is 26.8. The fourth-order valence-electron chi connectivity index (χ4n) is 1.77. The zero-order valence-corrected chi connectivity index (χ0v) is 8.37. The molecule has 2 aliphatic carbocycles. The van der Waals surface area contributed by atoms with Crippen LogP contribution in [0.1, 0.15) is 32.1 Å². The average Bonchev–Trinajstić information content (AvgIpc) is 2.76. The molecule has 2 rings (SSSR count). The standard InChI is InChI=1S/C10H18ClN/c11-7-10(4-5-10)8-12-6-9-2-1-3-9/h9,12H,1-8H2. The molecule has 0 aromatic rings. The SMILES string of the molecule is ClCC1(CNCC2CCC2)CC1. The van der Waals surface area contributed by atoms with Crippen LogP contribution in [0.4, 0.5) is 0 Å². The molecule has 2 saturated carbocycles. The number of alkyl halides is 1. The highest BCUT2D eigenvalue weighted by atomic mass is 35.5. The smallest absolute Gasteiger partial charge is 0.0292 e. The van der Waals surface area contributed by atoms with Crippen LogP contribution in [0.5, 0.6) is 0 Å². The van der Waals surface area contributed by atoms with Crippen molar-refractivity contribution in [1.29, 1.82) is 0 Å². The monoisotopic (exact) mass is 187 g/mol. The van der Waals surface area contributed by atoms with Crippen molar-refractivity contribution in [3.8, 4) is 0 Å². The van der Waals surface area contributed by atoms with E-state index in [1.54, 1.807) is 0 Å². The third-order valence-corrected chi connectivity index (χ3v) is 3.97. The molecule has 70 valence electrons. The van der Waals surface area contributed by atoms with E-state index in [4.69, 9.17) is 11.6 Å². The molecule has 0 spiro atoms. The van der Waals surface area contributed by atoms with E-state index < -0.39 is 0 Å². The number of halogens is 1. The van der Waals surface area contributed by atoms with Crippen LogP contribution in [0.2, 0.25) is 0 Å². The lowest BCUT2D eigenvalue weighted by atomic mass is 9.85. The van der Waals surface area contributed by atoms with E-state index >= 15 is 0 Å². The average molecular weight is 188 g/mol. The molecule has 1 N–H and O–H groups in total. The molecular formula is C10H18ClN. The maximum atomic E-state index is 5.88. The van der Waals surface area contributed by atoms with E-state index in [0.717, 1.165) is 18.3 Å². The molecule has 0 saturated heterocycles. The number of rotatable bonds is 5. The van der Waals surface area contributed by atoms with Crippen LogP contribution < -0.4 is 5.32 Å². The van der Waals surface area contributed by atoms with Gasteiger partial charge in [-0.2, -0.15) is 0 Å². The highest BCUT2D eigenvalue weighted by molar-refractivity contribution is 6.18. The Balaban J connectivity index is 1.56. The molecule has 0 radical (unpaired) electrons. The summed E-state index contributed by atoms with van der Waals surface area (Å²) in [5.41, 5.74) is 0.505. The minimum Gasteiger partial charge on any atom is -0.316 e. The summed E-state index contributed by atoms with van der Waals surface area (Å²) < 4.78 is 0. The Hall–Kier alpha value is 0.250. The van der Waals surface area contributed by atoms with Crippen molar-refractivity contribution in [1.82, 2.24) is 5.32 Å². The van der Waals surface area contributed by atoms with Gasteiger partial charge in [-0.25, -0.2) is 0 Å². The van der Waals surface area contributed by atoms with Crippen molar-refractivity contribution in [3.05, 3.63) is 0 Å². The predicted octanol–water partition coefficient (Wildman–Crippen LogP) is 2.40. The van der Waals surface area contributed by atoms with Crippen molar-refractivity contribution in [2.24, 2.45) is 11.3 Å². The first-order chi connectivity index (χ1) is 5.85. The minimum absolute atomic E-state index is 0.505. The summed E-state index contributed by atoms with van der Waals surface area (Å²) in [5, 5.41) is 3.56. The van der Waals surface area contributed by atoms with Crippen LogP contribution in [-0.4, -0.2) is 19.0 Å². The quantitative estimate of drug-likeness (QED) is 0.652. The molecule has 0 bridgehead atoms. The lowest BCUT2D eigenvalue weighted by Gasteiger charge is -2.26. The van der Waals surface area contributed by atoms with Gasteiger partial charge in [0.15, 0.2) is 0 Å². The van der Waals surface area contributed by atoms with Crippen LogP contribution in [0, 0.1) is 11.3 Å². The van der Waals surface area contributed by atoms with Crippen molar-refractivity contribution < 1.29 is 0 Å². The van der Waals surface area contributed by atoms with Gasteiger partial charge >= 0.3 is 0 Å². The van der Waals surface area contributed by atoms with Crippen LogP contribution in [-0.2, 0) is 0 Å². The Morgan fingerprint density at radius 3 is 2.50 bits per heavy atom. The van der Waals surface area contributed by atoms with E-state index in [0.29, 0.717) is 5.41 Å². The Bertz CT molecular complexity index is 150. The van der Waals surface area contributed by atoms with Gasteiger partial charge in [-0.05, 0) is 43.6 Å². The van der Waals surface area contributed by atoms with Crippen molar-refractivity contribution in [2.75, 3.05) is 19.0 Å². The lowest BCUT2D eigenvalue weighted by molar-refractivity contribution is 0.294. The topological polar surface area (TPSA) is 12.0 Å². The predicted molar refractivity (Wildman–Crippen MR) is 52.6 cm³/mol. The molecule has 0 atom stereocenters. The molecule has 0 aromatic heterocycles. The molecule has 0 aromatic carbocycles. The molecule has 12 heavy (non-hydrogen) atoms. The summed E-state index contributed by atoms with van der Waals surface area (Å²) in [6.07, 6.45) is 7.02. The van der Waals surface area contributed by atoms with Crippen LogP contribution in [0.15, 0.2) is 0 Å². The van der Waals surface area contributed by atoms with Gasteiger partial charge in [-0.1, -0.05) is 6.42 Å². The first-order valence-corrected chi connectivity index (χ1v) is 5.65. The largest absolute Gasteiger partial charge is 0.316 e. The Kier molecular flexibility index (Phi) is 2.61. The molecule has 0 aliphatic heterocycles. The fraction of sp³-hybridized carbons (Fsp3) is 1.00. The van der Waals surface area contributed by atoms with Gasteiger partial charge < -0.3 is 5.32 Å². The van der Waals surface area contributed by atoms with Gasteiger partial charge in [0, 0.05) is 12.4 Å². The van der Waals surface area contributed by atoms with Gasteiger partial charge in [-0.3, -0.25) is 0 Å². The van der Waals surface area contributed by atoms with Crippen LogP contribution in [0.3, 0.4) is 0 Å². The Labute approximate surface area is 79.9 Å². The van der Waals surface area contributed by atoms with E-state index in [2.05, 4.69) is 5.32 Å². The third-order valence-electron chi connectivity index (χ3n) is 3.40. The van der Waals surface area contributed by atoms with E-state index in [1.165, 1.54) is 38.6 Å². The summed E-state index contributed by atoms with van der Waals surface area (Å²) >= 11 is 5.88. The molecule has 0 amide bonds. The second kappa shape index (κ2) is 3.55. The zero-order valence-electron chi connectivity index (χ0n) is 7.61. The Morgan fingerprint density at radius 1 is 1.33 bits per heavy atom. The molecule has 1 nitrogen and oxygen atoms in total. The maximum Gasteiger partial charge on any atom is 0.0292 e.